The normalized spacial score (nSPS) is 17.4. The van der Waals surface area contributed by atoms with Crippen LogP contribution in [-0.2, 0) is 16.8 Å². The molecule has 1 unspecified atom stereocenters. The Bertz CT molecular complexity index is 1060. The molecule has 0 radical (unpaired) electrons. The van der Waals surface area contributed by atoms with Crippen LogP contribution in [0, 0.1) is 0 Å². The molecule has 1 atom stereocenters. The molecular formula is C29H33ClN2O2. The van der Waals surface area contributed by atoms with Gasteiger partial charge in [-0.15, -0.1) is 12.4 Å². The molecule has 3 aromatic rings. The van der Waals surface area contributed by atoms with Gasteiger partial charge in [0.05, 0.1) is 11.5 Å². The molecule has 1 amide bonds. The SMILES string of the molecule is Cl.O=C(NCC(c1ccccc1)N1CCCC1)C1(c2cccc(OCc3ccccc3)c2)CC1. The number of carbonyl (C=O) groups is 1. The second kappa shape index (κ2) is 11.1. The van der Waals surface area contributed by atoms with E-state index in [1.165, 1.54) is 18.4 Å². The Hall–Kier alpha value is -2.82. The minimum Gasteiger partial charge on any atom is -0.489 e. The maximum atomic E-state index is 13.4. The topological polar surface area (TPSA) is 41.6 Å². The number of nitrogens with zero attached hydrogens (tertiary/aromatic N) is 1. The number of hydrogen-bond acceptors (Lipinski definition) is 3. The zero-order valence-corrected chi connectivity index (χ0v) is 20.3. The molecule has 3 aromatic carbocycles. The highest BCUT2D eigenvalue weighted by molar-refractivity contribution is 5.91. The first kappa shape index (κ1) is 24.3. The van der Waals surface area contributed by atoms with Gasteiger partial charge in [0, 0.05) is 6.54 Å². The van der Waals surface area contributed by atoms with Crippen molar-refractivity contribution < 1.29 is 9.53 Å². The van der Waals surface area contributed by atoms with Crippen LogP contribution in [0.5, 0.6) is 5.75 Å². The molecule has 4 nitrogen and oxygen atoms in total. The second-order valence-electron chi connectivity index (χ2n) is 9.26. The van der Waals surface area contributed by atoms with Crippen molar-refractivity contribution in [2.45, 2.75) is 43.7 Å². The molecule has 0 spiro atoms. The molecule has 34 heavy (non-hydrogen) atoms. The summed E-state index contributed by atoms with van der Waals surface area (Å²) in [7, 11) is 0. The van der Waals surface area contributed by atoms with Gasteiger partial charge in [0.25, 0.3) is 0 Å². The quantitative estimate of drug-likeness (QED) is 0.432. The van der Waals surface area contributed by atoms with E-state index in [-0.39, 0.29) is 24.4 Å². The van der Waals surface area contributed by atoms with Crippen LogP contribution in [0.1, 0.15) is 48.4 Å². The number of benzene rings is 3. The molecule has 5 rings (SSSR count). The van der Waals surface area contributed by atoms with E-state index in [0.717, 1.165) is 42.8 Å². The van der Waals surface area contributed by atoms with Crippen LogP contribution < -0.4 is 10.1 Å². The van der Waals surface area contributed by atoms with Crippen molar-refractivity contribution in [3.05, 3.63) is 102 Å². The lowest BCUT2D eigenvalue weighted by molar-refractivity contribution is -0.123. The van der Waals surface area contributed by atoms with E-state index in [2.05, 4.69) is 58.7 Å². The van der Waals surface area contributed by atoms with Gasteiger partial charge >= 0.3 is 0 Å². The number of rotatable bonds is 9. The molecule has 1 heterocycles. The fourth-order valence-corrected chi connectivity index (χ4v) is 4.94. The molecule has 0 bridgehead atoms. The van der Waals surface area contributed by atoms with Gasteiger partial charge in [0.15, 0.2) is 0 Å². The van der Waals surface area contributed by atoms with E-state index in [1.807, 2.05) is 36.4 Å². The van der Waals surface area contributed by atoms with Crippen LogP contribution in [0.4, 0.5) is 0 Å². The molecule has 2 fully saturated rings. The lowest BCUT2D eigenvalue weighted by atomic mass is 9.94. The summed E-state index contributed by atoms with van der Waals surface area (Å²) in [5.74, 6) is 0.956. The molecule has 5 heteroatoms. The molecule has 1 N–H and O–H groups in total. The molecule has 1 saturated carbocycles. The fourth-order valence-electron chi connectivity index (χ4n) is 4.94. The summed E-state index contributed by atoms with van der Waals surface area (Å²) in [6.45, 7) is 3.37. The summed E-state index contributed by atoms with van der Waals surface area (Å²) < 4.78 is 6.02. The first-order valence-corrected chi connectivity index (χ1v) is 12.1. The summed E-state index contributed by atoms with van der Waals surface area (Å²) in [6.07, 6.45) is 4.25. The van der Waals surface area contributed by atoms with Crippen LogP contribution in [0.3, 0.4) is 0 Å². The van der Waals surface area contributed by atoms with Gasteiger partial charge in [-0.25, -0.2) is 0 Å². The van der Waals surface area contributed by atoms with E-state index >= 15 is 0 Å². The predicted octanol–water partition coefficient (Wildman–Crippen LogP) is 5.67. The zero-order chi connectivity index (χ0) is 22.5. The standard InChI is InChI=1S/C29H32N2O2.ClH/c32-28(30-21-27(31-18-7-8-19-31)24-12-5-2-6-13-24)29(16-17-29)25-14-9-15-26(20-25)33-22-23-10-3-1-4-11-23;/h1-6,9-15,20,27H,7-8,16-19,21-22H2,(H,30,32);1H. The molecule has 1 saturated heterocycles. The van der Waals surface area contributed by atoms with Crippen molar-refractivity contribution in [2.24, 2.45) is 0 Å². The Morgan fingerprint density at radius 2 is 1.59 bits per heavy atom. The number of hydrogen-bond donors (Lipinski definition) is 1. The Morgan fingerprint density at radius 1 is 0.912 bits per heavy atom. The van der Waals surface area contributed by atoms with Gasteiger partial charge in [0.1, 0.15) is 12.4 Å². The highest BCUT2D eigenvalue weighted by Crippen LogP contribution is 2.49. The van der Waals surface area contributed by atoms with E-state index < -0.39 is 5.41 Å². The highest BCUT2D eigenvalue weighted by atomic mass is 35.5. The summed E-state index contributed by atoms with van der Waals surface area (Å²) in [4.78, 5) is 15.9. The van der Waals surface area contributed by atoms with E-state index in [1.54, 1.807) is 0 Å². The minimum absolute atomic E-state index is 0. The number of nitrogens with one attached hydrogen (secondary N) is 1. The third-order valence-corrected chi connectivity index (χ3v) is 7.04. The molecule has 2 aliphatic rings. The van der Waals surface area contributed by atoms with E-state index in [9.17, 15) is 4.79 Å². The van der Waals surface area contributed by atoms with Gasteiger partial charge in [0.2, 0.25) is 5.91 Å². The number of ether oxygens (including phenoxy) is 1. The lowest BCUT2D eigenvalue weighted by Crippen LogP contribution is -2.41. The van der Waals surface area contributed by atoms with Crippen LogP contribution in [0.15, 0.2) is 84.9 Å². The van der Waals surface area contributed by atoms with Gasteiger partial charge in [-0.2, -0.15) is 0 Å². The Kier molecular flexibility index (Phi) is 7.91. The first-order valence-electron chi connectivity index (χ1n) is 12.1. The molecular weight excluding hydrogens is 444 g/mol. The average molecular weight is 477 g/mol. The third kappa shape index (κ3) is 5.45. The van der Waals surface area contributed by atoms with Crippen LogP contribution in [-0.4, -0.2) is 30.4 Å². The van der Waals surface area contributed by atoms with Gasteiger partial charge in [-0.05, 0) is 67.6 Å². The van der Waals surface area contributed by atoms with Gasteiger partial charge in [-0.1, -0.05) is 72.8 Å². The summed E-state index contributed by atoms with van der Waals surface area (Å²) >= 11 is 0. The predicted molar refractivity (Wildman–Crippen MR) is 138 cm³/mol. The Labute approximate surface area is 208 Å². The van der Waals surface area contributed by atoms with Crippen LogP contribution >= 0.6 is 12.4 Å². The Balaban J connectivity index is 0.00000274. The second-order valence-corrected chi connectivity index (χ2v) is 9.26. The number of likely N-dealkylation sites (tertiary alicyclic amines) is 1. The zero-order valence-electron chi connectivity index (χ0n) is 19.5. The average Bonchev–Trinajstić information content (AvgIpc) is 3.52. The van der Waals surface area contributed by atoms with Crippen molar-refractivity contribution in [3.8, 4) is 5.75 Å². The number of carbonyl (C=O) groups excluding carboxylic acids is 1. The van der Waals surface area contributed by atoms with Crippen molar-refractivity contribution in [1.29, 1.82) is 0 Å². The molecule has 1 aliphatic carbocycles. The number of halogens is 1. The first-order chi connectivity index (χ1) is 16.2. The van der Waals surface area contributed by atoms with Crippen molar-refractivity contribution in [1.82, 2.24) is 10.2 Å². The molecule has 178 valence electrons. The fraction of sp³-hybridized carbons (Fsp3) is 0.345. The van der Waals surface area contributed by atoms with Crippen molar-refractivity contribution >= 4 is 18.3 Å². The number of amides is 1. The maximum Gasteiger partial charge on any atom is 0.230 e. The summed E-state index contributed by atoms with van der Waals surface area (Å²) in [5.41, 5.74) is 3.05. The largest absolute Gasteiger partial charge is 0.489 e. The minimum atomic E-state index is -0.418. The van der Waals surface area contributed by atoms with E-state index in [4.69, 9.17) is 4.74 Å². The maximum absolute atomic E-state index is 13.4. The van der Waals surface area contributed by atoms with Crippen LogP contribution in [0.2, 0.25) is 0 Å². The summed E-state index contributed by atoms with van der Waals surface area (Å²) in [5, 5.41) is 3.32. The monoisotopic (exact) mass is 476 g/mol. The highest BCUT2D eigenvalue weighted by Gasteiger charge is 2.51. The molecule has 0 aromatic heterocycles. The van der Waals surface area contributed by atoms with Gasteiger partial charge < -0.3 is 10.1 Å². The van der Waals surface area contributed by atoms with Crippen LogP contribution in [0.25, 0.3) is 0 Å². The third-order valence-electron chi connectivity index (χ3n) is 7.04. The lowest BCUT2D eigenvalue weighted by Gasteiger charge is -2.29. The molecule has 1 aliphatic heterocycles. The summed E-state index contributed by atoms with van der Waals surface area (Å²) in [6, 6.07) is 29.0. The van der Waals surface area contributed by atoms with E-state index in [0.29, 0.717) is 13.2 Å². The smallest absolute Gasteiger partial charge is 0.230 e. The van der Waals surface area contributed by atoms with Crippen molar-refractivity contribution in [2.75, 3.05) is 19.6 Å². The van der Waals surface area contributed by atoms with Crippen molar-refractivity contribution in [3.63, 3.8) is 0 Å². The van der Waals surface area contributed by atoms with Gasteiger partial charge in [-0.3, -0.25) is 9.69 Å². The Morgan fingerprint density at radius 3 is 2.26 bits per heavy atom.